The maximum Gasteiger partial charge on any atom is 0.166 e. The number of carbonyl (C=O) groups excluding carboxylic acids is 2. The molecule has 34 heavy (non-hydrogen) atoms. The van der Waals surface area contributed by atoms with Gasteiger partial charge in [-0.25, -0.2) is 0 Å². The Bertz CT molecular complexity index is 1040. The molecule has 0 radical (unpaired) electrons. The lowest BCUT2D eigenvalue weighted by Crippen LogP contribution is -2.19. The van der Waals surface area contributed by atoms with E-state index in [1.807, 2.05) is 13.8 Å². The molecule has 2 unspecified atom stereocenters. The van der Waals surface area contributed by atoms with Crippen LogP contribution in [0.25, 0.3) is 0 Å². The molecule has 0 aliphatic carbocycles. The SMILES string of the molecule is CC(=O)c1ccc(OCC2CC(C)=NO2)cc1.CC(=O)c1ccc(OCC2CON=C2C)cc1. The van der Waals surface area contributed by atoms with Crippen molar-refractivity contribution in [1.82, 2.24) is 0 Å². The van der Waals surface area contributed by atoms with Gasteiger partial charge in [-0.05, 0) is 76.2 Å². The fourth-order valence-electron chi connectivity index (χ4n) is 3.21. The summed E-state index contributed by atoms with van der Waals surface area (Å²) in [6, 6.07) is 14.2. The highest BCUT2D eigenvalue weighted by Gasteiger charge is 2.20. The quantitative estimate of drug-likeness (QED) is 0.522. The van der Waals surface area contributed by atoms with Crippen molar-refractivity contribution >= 4 is 23.0 Å². The number of nitrogens with zero attached hydrogens (tertiary/aromatic N) is 2. The monoisotopic (exact) mass is 466 g/mol. The minimum atomic E-state index is 0.00230. The summed E-state index contributed by atoms with van der Waals surface area (Å²) < 4.78 is 11.2. The van der Waals surface area contributed by atoms with Crippen molar-refractivity contribution in [2.24, 2.45) is 16.2 Å². The molecule has 4 rings (SSSR count). The van der Waals surface area contributed by atoms with E-state index in [1.165, 1.54) is 0 Å². The van der Waals surface area contributed by atoms with Crippen LogP contribution in [0.15, 0.2) is 58.8 Å². The first-order valence-corrected chi connectivity index (χ1v) is 11.1. The number of hydrogen-bond acceptors (Lipinski definition) is 8. The van der Waals surface area contributed by atoms with Gasteiger partial charge in [-0.1, -0.05) is 10.3 Å². The van der Waals surface area contributed by atoms with Gasteiger partial charge in [0.2, 0.25) is 0 Å². The standard InChI is InChI=1S/2C13H15NO3/c1-9-12(8-17-14-9)7-16-13-5-3-11(4-6-13)10(2)15;1-9-7-13(17-14-9)8-16-12-5-3-11(4-6-12)10(2)15/h3-6,12H,7-8H2,1-2H3;3-6,13H,7-8H2,1-2H3. The summed E-state index contributed by atoms with van der Waals surface area (Å²) >= 11 is 0. The number of hydrogen-bond donors (Lipinski definition) is 0. The average Bonchev–Trinajstić information content (AvgIpc) is 3.44. The zero-order chi connectivity index (χ0) is 24.5. The van der Waals surface area contributed by atoms with E-state index in [-0.39, 0.29) is 23.6 Å². The van der Waals surface area contributed by atoms with Crippen LogP contribution in [0, 0.1) is 5.92 Å². The summed E-state index contributed by atoms with van der Waals surface area (Å²) in [6.07, 6.45) is 0.813. The smallest absolute Gasteiger partial charge is 0.166 e. The van der Waals surface area contributed by atoms with Crippen molar-refractivity contribution in [3.8, 4) is 11.5 Å². The second kappa shape index (κ2) is 12.0. The normalized spacial score (nSPS) is 18.5. The van der Waals surface area contributed by atoms with Crippen LogP contribution in [0.3, 0.4) is 0 Å². The number of carbonyl (C=O) groups is 2. The Kier molecular flexibility index (Phi) is 8.79. The molecule has 8 heteroatoms. The van der Waals surface area contributed by atoms with Gasteiger partial charge in [-0.15, -0.1) is 0 Å². The number of benzene rings is 2. The number of Topliss-reactive ketones (excluding diaryl/α,β-unsaturated/α-hetero) is 2. The Balaban J connectivity index is 0.000000191. The highest BCUT2D eigenvalue weighted by atomic mass is 16.7. The van der Waals surface area contributed by atoms with Gasteiger partial charge >= 0.3 is 0 Å². The van der Waals surface area contributed by atoms with Crippen LogP contribution < -0.4 is 9.47 Å². The van der Waals surface area contributed by atoms with Crippen LogP contribution in [0.4, 0.5) is 0 Å². The van der Waals surface area contributed by atoms with Crippen LogP contribution in [0.5, 0.6) is 11.5 Å². The van der Waals surface area contributed by atoms with Gasteiger partial charge in [0, 0.05) is 17.5 Å². The number of oxime groups is 2. The Morgan fingerprint density at radius 3 is 1.79 bits per heavy atom. The van der Waals surface area contributed by atoms with E-state index in [1.54, 1.807) is 62.4 Å². The lowest BCUT2D eigenvalue weighted by Gasteiger charge is -2.10. The molecule has 2 aliphatic rings. The van der Waals surface area contributed by atoms with E-state index in [0.717, 1.165) is 29.3 Å². The predicted octanol–water partition coefficient (Wildman–Crippen LogP) is 4.72. The molecule has 0 amide bonds. The van der Waals surface area contributed by atoms with E-state index in [0.29, 0.717) is 30.9 Å². The van der Waals surface area contributed by atoms with Gasteiger partial charge in [0.1, 0.15) is 24.7 Å². The molecule has 0 fully saturated rings. The Hall–Kier alpha value is -3.68. The maximum absolute atomic E-state index is 11.1. The van der Waals surface area contributed by atoms with Gasteiger partial charge < -0.3 is 19.1 Å². The molecule has 2 atom stereocenters. The topological polar surface area (TPSA) is 95.8 Å². The molecular formula is C26H30N2O6. The predicted molar refractivity (Wildman–Crippen MR) is 129 cm³/mol. The third kappa shape index (κ3) is 7.43. The molecule has 0 bridgehead atoms. The van der Waals surface area contributed by atoms with Gasteiger partial charge in [-0.3, -0.25) is 9.59 Å². The summed E-state index contributed by atoms with van der Waals surface area (Å²) in [6.45, 7) is 8.56. The molecule has 8 nitrogen and oxygen atoms in total. The van der Waals surface area contributed by atoms with Crippen LogP contribution in [-0.4, -0.2) is 48.9 Å². The number of ether oxygens (including phenoxy) is 2. The number of ketones is 2. The van der Waals surface area contributed by atoms with Crippen molar-refractivity contribution in [3.63, 3.8) is 0 Å². The fourth-order valence-corrected chi connectivity index (χ4v) is 3.21. The Morgan fingerprint density at radius 2 is 1.38 bits per heavy atom. The summed E-state index contributed by atoms with van der Waals surface area (Å²) in [5.74, 6) is 1.84. The minimum absolute atomic E-state index is 0.00230. The summed E-state index contributed by atoms with van der Waals surface area (Å²) in [5.41, 5.74) is 3.34. The molecular weight excluding hydrogens is 436 g/mol. The van der Waals surface area contributed by atoms with Gasteiger partial charge in [0.25, 0.3) is 0 Å². The first-order valence-electron chi connectivity index (χ1n) is 11.1. The summed E-state index contributed by atoms with van der Waals surface area (Å²) in [7, 11) is 0. The molecule has 0 saturated carbocycles. The summed E-state index contributed by atoms with van der Waals surface area (Å²) in [5, 5.41) is 7.72. The lowest BCUT2D eigenvalue weighted by molar-refractivity contribution is 0.0471. The lowest BCUT2D eigenvalue weighted by atomic mass is 10.1. The fraction of sp³-hybridized carbons (Fsp3) is 0.385. The highest BCUT2D eigenvalue weighted by Crippen LogP contribution is 2.17. The van der Waals surface area contributed by atoms with Gasteiger partial charge in [-0.2, -0.15) is 0 Å². The molecule has 2 aromatic rings. The van der Waals surface area contributed by atoms with E-state index < -0.39 is 0 Å². The van der Waals surface area contributed by atoms with E-state index >= 15 is 0 Å². The molecule has 0 N–H and O–H groups in total. The van der Waals surface area contributed by atoms with Crippen molar-refractivity contribution < 1.29 is 28.7 Å². The summed E-state index contributed by atoms with van der Waals surface area (Å²) in [4.78, 5) is 32.3. The second-order valence-electron chi connectivity index (χ2n) is 8.27. The Labute approximate surface area is 199 Å². The maximum atomic E-state index is 11.1. The molecule has 2 heterocycles. The minimum Gasteiger partial charge on any atom is -0.493 e. The van der Waals surface area contributed by atoms with Crippen molar-refractivity contribution in [3.05, 3.63) is 59.7 Å². The first-order chi connectivity index (χ1) is 16.3. The molecule has 0 saturated heterocycles. The van der Waals surface area contributed by atoms with E-state index in [2.05, 4.69) is 10.3 Å². The van der Waals surface area contributed by atoms with Gasteiger partial charge in [0.15, 0.2) is 17.7 Å². The van der Waals surface area contributed by atoms with Crippen molar-refractivity contribution in [2.45, 2.75) is 40.2 Å². The van der Waals surface area contributed by atoms with E-state index in [9.17, 15) is 9.59 Å². The van der Waals surface area contributed by atoms with E-state index in [4.69, 9.17) is 19.1 Å². The van der Waals surface area contributed by atoms with Crippen LogP contribution in [-0.2, 0) is 9.68 Å². The number of rotatable bonds is 8. The molecule has 180 valence electrons. The van der Waals surface area contributed by atoms with Crippen molar-refractivity contribution in [1.29, 1.82) is 0 Å². The zero-order valence-corrected chi connectivity index (χ0v) is 19.9. The van der Waals surface area contributed by atoms with Gasteiger partial charge in [0.05, 0.1) is 23.9 Å². The zero-order valence-electron chi connectivity index (χ0n) is 19.9. The molecule has 2 aliphatic heterocycles. The third-order valence-corrected chi connectivity index (χ3v) is 5.36. The first kappa shape index (κ1) is 25.0. The average molecular weight is 467 g/mol. The van der Waals surface area contributed by atoms with Crippen LogP contribution in [0.2, 0.25) is 0 Å². The largest absolute Gasteiger partial charge is 0.493 e. The second-order valence-corrected chi connectivity index (χ2v) is 8.27. The molecule has 2 aromatic carbocycles. The molecule has 0 aromatic heterocycles. The molecule has 0 spiro atoms. The van der Waals surface area contributed by atoms with Crippen molar-refractivity contribution in [2.75, 3.05) is 19.8 Å². The highest BCUT2D eigenvalue weighted by molar-refractivity contribution is 5.94. The van der Waals surface area contributed by atoms with Crippen LogP contribution in [0.1, 0.15) is 54.8 Å². The van der Waals surface area contributed by atoms with Crippen LogP contribution >= 0.6 is 0 Å². The third-order valence-electron chi connectivity index (χ3n) is 5.36. The Morgan fingerprint density at radius 1 is 0.853 bits per heavy atom.